The summed E-state index contributed by atoms with van der Waals surface area (Å²) in [6.45, 7) is 0.722. The Kier molecular flexibility index (Phi) is 3.19. The SMILES string of the molecule is NCCCc1cc(C2CCCC2)no1. The highest BCUT2D eigenvalue weighted by atomic mass is 16.5. The van der Waals surface area contributed by atoms with E-state index in [0.29, 0.717) is 5.92 Å². The summed E-state index contributed by atoms with van der Waals surface area (Å²) >= 11 is 0. The fraction of sp³-hybridized carbons (Fsp3) is 0.727. The summed E-state index contributed by atoms with van der Waals surface area (Å²) < 4.78 is 5.27. The van der Waals surface area contributed by atoms with E-state index in [1.807, 2.05) is 0 Å². The highest BCUT2D eigenvalue weighted by Crippen LogP contribution is 2.33. The molecule has 0 saturated heterocycles. The lowest BCUT2D eigenvalue weighted by Crippen LogP contribution is -1.99. The fourth-order valence-electron chi connectivity index (χ4n) is 2.14. The minimum Gasteiger partial charge on any atom is -0.361 e. The third-order valence-electron chi connectivity index (χ3n) is 2.98. The first-order valence-corrected chi connectivity index (χ1v) is 5.55. The largest absolute Gasteiger partial charge is 0.361 e. The predicted octanol–water partition coefficient (Wildman–Crippen LogP) is 2.22. The molecule has 1 aromatic rings. The van der Waals surface area contributed by atoms with Crippen molar-refractivity contribution in [2.75, 3.05) is 6.54 Å². The molecule has 3 nitrogen and oxygen atoms in total. The van der Waals surface area contributed by atoms with Gasteiger partial charge in [0, 0.05) is 18.4 Å². The summed E-state index contributed by atoms with van der Waals surface area (Å²) in [6, 6.07) is 2.12. The van der Waals surface area contributed by atoms with Gasteiger partial charge in [-0.1, -0.05) is 18.0 Å². The Morgan fingerprint density at radius 3 is 2.93 bits per heavy atom. The quantitative estimate of drug-likeness (QED) is 0.799. The van der Waals surface area contributed by atoms with Crippen LogP contribution in [0.2, 0.25) is 0 Å². The van der Waals surface area contributed by atoms with Crippen LogP contribution in [0.5, 0.6) is 0 Å². The molecule has 0 spiro atoms. The Bertz CT molecular complexity index is 277. The second-order valence-electron chi connectivity index (χ2n) is 4.09. The van der Waals surface area contributed by atoms with Gasteiger partial charge in [-0.3, -0.25) is 0 Å². The van der Waals surface area contributed by atoms with Crippen LogP contribution in [0.25, 0.3) is 0 Å². The van der Waals surface area contributed by atoms with E-state index in [1.165, 1.54) is 25.7 Å². The van der Waals surface area contributed by atoms with Crippen LogP contribution in [0.3, 0.4) is 0 Å². The van der Waals surface area contributed by atoms with Crippen molar-refractivity contribution in [1.29, 1.82) is 0 Å². The molecular formula is C11H18N2O. The minimum atomic E-state index is 0.658. The number of nitrogens with two attached hydrogens (primary N) is 1. The van der Waals surface area contributed by atoms with E-state index < -0.39 is 0 Å². The van der Waals surface area contributed by atoms with Crippen LogP contribution in [-0.2, 0) is 6.42 Å². The van der Waals surface area contributed by atoms with Gasteiger partial charge in [0.05, 0.1) is 5.69 Å². The van der Waals surface area contributed by atoms with Gasteiger partial charge in [0.25, 0.3) is 0 Å². The first-order chi connectivity index (χ1) is 6.90. The maximum absolute atomic E-state index is 5.44. The maximum Gasteiger partial charge on any atom is 0.137 e. The number of nitrogens with zero attached hydrogens (tertiary/aromatic N) is 1. The predicted molar refractivity (Wildman–Crippen MR) is 55.1 cm³/mol. The summed E-state index contributed by atoms with van der Waals surface area (Å²) in [4.78, 5) is 0. The Morgan fingerprint density at radius 2 is 2.21 bits per heavy atom. The average molecular weight is 194 g/mol. The topological polar surface area (TPSA) is 52.0 Å². The van der Waals surface area contributed by atoms with Crippen molar-refractivity contribution in [2.45, 2.75) is 44.4 Å². The number of hydrogen-bond acceptors (Lipinski definition) is 3. The highest BCUT2D eigenvalue weighted by Gasteiger charge is 2.20. The molecule has 0 aliphatic heterocycles. The lowest BCUT2D eigenvalue weighted by Gasteiger charge is -2.00. The molecule has 78 valence electrons. The Morgan fingerprint density at radius 1 is 1.43 bits per heavy atom. The van der Waals surface area contributed by atoms with E-state index in [1.54, 1.807) is 0 Å². The van der Waals surface area contributed by atoms with E-state index in [9.17, 15) is 0 Å². The molecule has 3 heteroatoms. The molecule has 1 aromatic heterocycles. The van der Waals surface area contributed by atoms with E-state index in [0.717, 1.165) is 30.8 Å². The van der Waals surface area contributed by atoms with Gasteiger partial charge in [0.1, 0.15) is 5.76 Å². The summed E-state index contributed by atoms with van der Waals surface area (Å²) in [5, 5.41) is 4.14. The highest BCUT2D eigenvalue weighted by molar-refractivity contribution is 5.11. The van der Waals surface area contributed by atoms with Crippen molar-refractivity contribution in [3.8, 4) is 0 Å². The minimum absolute atomic E-state index is 0.658. The van der Waals surface area contributed by atoms with Crippen molar-refractivity contribution >= 4 is 0 Å². The van der Waals surface area contributed by atoms with Crippen LogP contribution in [-0.4, -0.2) is 11.7 Å². The number of rotatable bonds is 4. The van der Waals surface area contributed by atoms with Crippen LogP contribution in [0.15, 0.2) is 10.6 Å². The third kappa shape index (κ3) is 2.15. The van der Waals surface area contributed by atoms with Gasteiger partial charge in [0.2, 0.25) is 0 Å². The third-order valence-corrected chi connectivity index (χ3v) is 2.98. The molecule has 0 amide bonds. The zero-order chi connectivity index (χ0) is 9.80. The summed E-state index contributed by atoms with van der Waals surface area (Å²) in [6.07, 6.45) is 7.16. The number of aryl methyl sites for hydroxylation is 1. The molecule has 14 heavy (non-hydrogen) atoms. The van der Waals surface area contributed by atoms with Gasteiger partial charge in [-0.05, 0) is 25.8 Å². The second kappa shape index (κ2) is 4.60. The molecular weight excluding hydrogens is 176 g/mol. The van der Waals surface area contributed by atoms with Crippen molar-refractivity contribution in [3.05, 3.63) is 17.5 Å². The second-order valence-corrected chi connectivity index (χ2v) is 4.09. The molecule has 0 radical (unpaired) electrons. The number of aromatic nitrogens is 1. The molecule has 0 unspecified atom stereocenters. The van der Waals surface area contributed by atoms with Crippen molar-refractivity contribution in [1.82, 2.24) is 5.16 Å². The summed E-state index contributed by atoms with van der Waals surface area (Å²) in [5.41, 5.74) is 6.60. The fourth-order valence-corrected chi connectivity index (χ4v) is 2.14. The van der Waals surface area contributed by atoms with E-state index >= 15 is 0 Å². The molecule has 2 N–H and O–H groups in total. The van der Waals surface area contributed by atoms with Crippen molar-refractivity contribution in [2.24, 2.45) is 5.73 Å². The first kappa shape index (κ1) is 9.71. The van der Waals surface area contributed by atoms with E-state index in [-0.39, 0.29) is 0 Å². The molecule has 0 aromatic carbocycles. The van der Waals surface area contributed by atoms with Gasteiger partial charge < -0.3 is 10.3 Å². The molecule has 1 heterocycles. The van der Waals surface area contributed by atoms with Crippen LogP contribution in [0, 0.1) is 0 Å². The number of hydrogen-bond donors (Lipinski definition) is 1. The van der Waals surface area contributed by atoms with Crippen molar-refractivity contribution in [3.63, 3.8) is 0 Å². The van der Waals surface area contributed by atoms with Gasteiger partial charge in [-0.25, -0.2) is 0 Å². The average Bonchev–Trinajstić information content (AvgIpc) is 2.85. The van der Waals surface area contributed by atoms with Crippen LogP contribution < -0.4 is 5.73 Å². The molecule has 1 aliphatic carbocycles. The molecule has 1 fully saturated rings. The smallest absolute Gasteiger partial charge is 0.137 e. The van der Waals surface area contributed by atoms with Crippen molar-refractivity contribution < 1.29 is 4.52 Å². The maximum atomic E-state index is 5.44. The molecule has 0 atom stereocenters. The summed E-state index contributed by atoms with van der Waals surface area (Å²) in [7, 11) is 0. The lowest BCUT2D eigenvalue weighted by atomic mass is 10.0. The van der Waals surface area contributed by atoms with Gasteiger partial charge in [-0.15, -0.1) is 0 Å². The van der Waals surface area contributed by atoms with Gasteiger partial charge in [-0.2, -0.15) is 0 Å². The van der Waals surface area contributed by atoms with Gasteiger partial charge in [0.15, 0.2) is 0 Å². The standard InChI is InChI=1S/C11H18N2O/c12-7-3-6-10-8-11(13-14-10)9-4-1-2-5-9/h8-9H,1-7,12H2. The van der Waals surface area contributed by atoms with Crippen LogP contribution >= 0.6 is 0 Å². The molecule has 2 rings (SSSR count). The monoisotopic (exact) mass is 194 g/mol. The zero-order valence-electron chi connectivity index (χ0n) is 8.54. The summed E-state index contributed by atoms with van der Waals surface area (Å²) in [5.74, 6) is 1.66. The van der Waals surface area contributed by atoms with Crippen LogP contribution in [0.1, 0.15) is 49.5 Å². The van der Waals surface area contributed by atoms with Gasteiger partial charge >= 0.3 is 0 Å². The Balaban J connectivity index is 1.94. The van der Waals surface area contributed by atoms with E-state index in [4.69, 9.17) is 10.3 Å². The van der Waals surface area contributed by atoms with E-state index in [2.05, 4.69) is 11.2 Å². The first-order valence-electron chi connectivity index (χ1n) is 5.55. The molecule has 0 bridgehead atoms. The molecule has 1 saturated carbocycles. The Hall–Kier alpha value is -0.830. The molecule has 1 aliphatic rings. The van der Waals surface area contributed by atoms with Crippen LogP contribution in [0.4, 0.5) is 0 Å². The Labute approximate surface area is 84.7 Å². The lowest BCUT2D eigenvalue weighted by molar-refractivity contribution is 0.371. The zero-order valence-corrected chi connectivity index (χ0v) is 8.54. The normalized spacial score (nSPS) is 17.8.